The smallest absolute Gasteiger partial charge is 0.344 e. The minimum atomic E-state index is -0.628. The highest BCUT2D eigenvalue weighted by molar-refractivity contribution is 7.99. The van der Waals surface area contributed by atoms with Crippen molar-refractivity contribution in [3.05, 3.63) is 107 Å². The van der Waals surface area contributed by atoms with Gasteiger partial charge in [-0.25, -0.2) is 4.79 Å². The Bertz CT molecular complexity index is 1240. The number of carbonyl (C=O) groups is 1. The van der Waals surface area contributed by atoms with Gasteiger partial charge in [-0.1, -0.05) is 90.6 Å². The van der Waals surface area contributed by atoms with Crippen LogP contribution in [0.3, 0.4) is 0 Å². The fourth-order valence-corrected chi connectivity index (χ4v) is 4.31. The predicted octanol–water partition coefficient (Wildman–Crippen LogP) is 6.04. The lowest BCUT2D eigenvalue weighted by atomic mass is 10.0. The fraction of sp³-hybridized carbons (Fsp3) is 0.0769. The molecule has 3 aromatic carbocycles. The second-order valence-corrected chi connectivity index (χ2v) is 7.86. The van der Waals surface area contributed by atoms with Gasteiger partial charge >= 0.3 is 5.97 Å². The average Bonchev–Trinajstić information content (AvgIpc) is 2.82. The molecule has 1 heterocycles. The van der Waals surface area contributed by atoms with Gasteiger partial charge in [0, 0.05) is 4.90 Å². The Morgan fingerprint density at radius 1 is 0.806 bits per heavy atom. The van der Waals surface area contributed by atoms with Crippen molar-refractivity contribution in [2.24, 2.45) is 0 Å². The lowest BCUT2D eigenvalue weighted by Gasteiger charge is -2.16. The van der Waals surface area contributed by atoms with E-state index in [4.69, 9.17) is 4.74 Å². The molecular weight excluding hydrogens is 406 g/mol. The summed E-state index contributed by atoms with van der Waals surface area (Å²) in [6, 6.07) is 28.7. The SMILES string of the molecule is CCOC(=O)c1c(-c2ccccc2)[nH]c(-c2ccccc2)c(Sc2ccccc2)c1=O. The van der Waals surface area contributed by atoms with E-state index >= 15 is 0 Å². The maximum Gasteiger partial charge on any atom is 0.344 e. The van der Waals surface area contributed by atoms with E-state index in [0.29, 0.717) is 16.3 Å². The number of esters is 1. The van der Waals surface area contributed by atoms with Crippen LogP contribution in [0.5, 0.6) is 0 Å². The van der Waals surface area contributed by atoms with Gasteiger partial charge in [-0.2, -0.15) is 0 Å². The number of benzene rings is 3. The molecule has 1 aromatic heterocycles. The monoisotopic (exact) mass is 427 g/mol. The van der Waals surface area contributed by atoms with Crippen molar-refractivity contribution >= 4 is 17.7 Å². The van der Waals surface area contributed by atoms with Crippen LogP contribution in [0.2, 0.25) is 0 Å². The number of aromatic amines is 1. The average molecular weight is 428 g/mol. The van der Waals surface area contributed by atoms with E-state index in [0.717, 1.165) is 16.0 Å². The first-order chi connectivity index (χ1) is 15.2. The summed E-state index contributed by atoms with van der Waals surface area (Å²) in [5.74, 6) is -0.628. The Morgan fingerprint density at radius 3 is 1.87 bits per heavy atom. The second-order valence-electron chi connectivity index (χ2n) is 6.78. The summed E-state index contributed by atoms with van der Waals surface area (Å²) in [5, 5.41) is 0. The van der Waals surface area contributed by atoms with Crippen LogP contribution in [0.1, 0.15) is 17.3 Å². The molecule has 0 radical (unpaired) electrons. The van der Waals surface area contributed by atoms with Gasteiger partial charge in [0.05, 0.1) is 22.9 Å². The number of carbonyl (C=O) groups excluding carboxylic acids is 1. The molecule has 0 unspecified atom stereocenters. The summed E-state index contributed by atoms with van der Waals surface area (Å²) in [7, 11) is 0. The molecule has 0 atom stereocenters. The third-order valence-corrected chi connectivity index (χ3v) is 5.83. The summed E-state index contributed by atoms with van der Waals surface area (Å²) >= 11 is 1.34. The molecule has 4 nitrogen and oxygen atoms in total. The minimum absolute atomic E-state index is 0.0196. The summed E-state index contributed by atoms with van der Waals surface area (Å²) in [4.78, 5) is 31.4. The fourth-order valence-electron chi connectivity index (χ4n) is 3.32. The van der Waals surface area contributed by atoms with Crippen molar-refractivity contribution < 1.29 is 9.53 Å². The van der Waals surface area contributed by atoms with Crippen molar-refractivity contribution in [1.82, 2.24) is 4.98 Å². The molecule has 0 amide bonds. The largest absolute Gasteiger partial charge is 0.462 e. The standard InChI is InChI=1S/C26H21NO3S/c1-2-30-26(29)21-22(18-12-6-3-7-13-18)27-23(19-14-8-4-9-15-19)25(24(21)28)31-20-16-10-5-11-17-20/h3-17H,2H2,1H3,(H,27,28). The number of hydrogen-bond donors (Lipinski definition) is 1. The third kappa shape index (κ3) is 4.47. The molecule has 4 aromatic rings. The van der Waals surface area contributed by atoms with E-state index in [1.807, 2.05) is 91.0 Å². The van der Waals surface area contributed by atoms with Crippen LogP contribution in [0, 0.1) is 0 Å². The van der Waals surface area contributed by atoms with Gasteiger partial charge in [-0.05, 0) is 30.2 Å². The van der Waals surface area contributed by atoms with Crippen LogP contribution in [-0.2, 0) is 4.74 Å². The number of hydrogen-bond acceptors (Lipinski definition) is 4. The van der Waals surface area contributed by atoms with Crippen molar-refractivity contribution in [1.29, 1.82) is 0 Å². The molecule has 0 aliphatic carbocycles. The molecule has 5 heteroatoms. The molecule has 0 aliphatic heterocycles. The lowest BCUT2D eigenvalue weighted by molar-refractivity contribution is 0.0525. The normalized spacial score (nSPS) is 10.6. The molecule has 0 saturated heterocycles. The van der Waals surface area contributed by atoms with Crippen molar-refractivity contribution in [3.63, 3.8) is 0 Å². The van der Waals surface area contributed by atoms with Crippen LogP contribution in [0.15, 0.2) is 106 Å². The molecule has 4 rings (SSSR count). The highest BCUT2D eigenvalue weighted by Crippen LogP contribution is 2.35. The zero-order valence-electron chi connectivity index (χ0n) is 17.0. The number of pyridine rings is 1. The van der Waals surface area contributed by atoms with Crippen LogP contribution < -0.4 is 5.43 Å². The summed E-state index contributed by atoms with van der Waals surface area (Å²) < 4.78 is 5.25. The molecule has 31 heavy (non-hydrogen) atoms. The summed E-state index contributed by atoms with van der Waals surface area (Å²) in [6.45, 7) is 1.92. The first-order valence-corrected chi connectivity index (χ1v) is 10.8. The second kappa shape index (κ2) is 9.49. The minimum Gasteiger partial charge on any atom is -0.462 e. The van der Waals surface area contributed by atoms with Gasteiger partial charge in [0.1, 0.15) is 5.56 Å². The third-order valence-electron chi connectivity index (χ3n) is 4.73. The Labute approximate surface area is 184 Å². The van der Waals surface area contributed by atoms with E-state index in [1.165, 1.54) is 11.8 Å². The Hall–Kier alpha value is -3.57. The van der Waals surface area contributed by atoms with Crippen LogP contribution in [0.4, 0.5) is 0 Å². The van der Waals surface area contributed by atoms with Gasteiger partial charge in [-0.3, -0.25) is 4.79 Å². The van der Waals surface area contributed by atoms with Crippen LogP contribution in [0.25, 0.3) is 22.5 Å². The Morgan fingerprint density at radius 2 is 1.32 bits per heavy atom. The highest BCUT2D eigenvalue weighted by atomic mass is 32.2. The maximum atomic E-state index is 13.7. The zero-order chi connectivity index (χ0) is 21.6. The van der Waals surface area contributed by atoms with Gasteiger partial charge in [-0.15, -0.1) is 0 Å². The quantitative estimate of drug-likeness (QED) is 0.381. The summed E-state index contributed by atoms with van der Waals surface area (Å²) in [6.07, 6.45) is 0. The van der Waals surface area contributed by atoms with E-state index in [9.17, 15) is 9.59 Å². The van der Waals surface area contributed by atoms with Gasteiger partial charge < -0.3 is 9.72 Å². The van der Waals surface area contributed by atoms with Crippen LogP contribution >= 0.6 is 11.8 Å². The molecule has 0 spiro atoms. The maximum absolute atomic E-state index is 13.7. The number of rotatable bonds is 6. The van der Waals surface area contributed by atoms with Crippen molar-refractivity contribution in [2.45, 2.75) is 16.7 Å². The van der Waals surface area contributed by atoms with E-state index in [-0.39, 0.29) is 17.6 Å². The Balaban J connectivity index is 2.02. The molecule has 0 bridgehead atoms. The molecule has 0 fully saturated rings. The molecule has 154 valence electrons. The Kier molecular flexibility index (Phi) is 6.34. The van der Waals surface area contributed by atoms with E-state index in [1.54, 1.807) is 6.92 Å². The van der Waals surface area contributed by atoms with Crippen molar-refractivity contribution in [2.75, 3.05) is 6.61 Å². The summed E-state index contributed by atoms with van der Waals surface area (Å²) in [5.41, 5.74) is 2.42. The van der Waals surface area contributed by atoms with E-state index in [2.05, 4.69) is 4.98 Å². The number of nitrogens with one attached hydrogen (secondary N) is 1. The van der Waals surface area contributed by atoms with E-state index < -0.39 is 5.97 Å². The number of aromatic nitrogens is 1. The van der Waals surface area contributed by atoms with Crippen LogP contribution in [-0.4, -0.2) is 17.6 Å². The van der Waals surface area contributed by atoms with Crippen molar-refractivity contribution in [3.8, 4) is 22.5 Å². The lowest BCUT2D eigenvalue weighted by Crippen LogP contribution is -2.22. The van der Waals surface area contributed by atoms with Gasteiger partial charge in [0.25, 0.3) is 0 Å². The van der Waals surface area contributed by atoms with Gasteiger partial charge in [0.15, 0.2) is 0 Å². The number of ether oxygens (including phenoxy) is 1. The predicted molar refractivity (Wildman–Crippen MR) is 124 cm³/mol. The molecule has 0 aliphatic rings. The highest BCUT2D eigenvalue weighted by Gasteiger charge is 2.25. The first-order valence-electron chi connectivity index (χ1n) is 10.00. The van der Waals surface area contributed by atoms with Gasteiger partial charge in [0.2, 0.25) is 5.43 Å². The molecular formula is C26H21NO3S. The molecule has 0 saturated carbocycles. The molecule has 1 N–H and O–H groups in total. The topological polar surface area (TPSA) is 59.2 Å². The zero-order valence-corrected chi connectivity index (χ0v) is 17.8. The number of H-pyrrole nitrogens is 1. The first kappa shape index (κ1) is 20.7.